The molecular weight excluding hydrogens is 558 g/mol. The predicted octanol–water partition coefficient (Wildman–Crippen LogP) is 10.4. The zero-order valence-electron chi connectivity index (χ0n) is 30.9. The lowest BCUT2D eigenvalue weighted by Gasteiger charge is -2.36. The van der Waals surface area contributed by atoms with Crippen molar-refractivity contribution in [2.45, 2.75) is 195 Å². The molecule has 0 aromatic carbocycles. The molecule has 3 heterocycles. The normalized spacial score (nSPS) is 40.4. The third kappa shape index (κ3) is 13.9. The van der Waals surface area contributed by atoms with E-state index in [-0.39, 0.29) is 30.2 Å². The van der Waals surface area contributed by atoms with Crippen LogP contribution in [0.1, 0.15) is 171 Å². The number of hydrogen-bond acceptors (Lipinski definition) is 4. The smallest absolute Gasteiger partial charge is 0.329 e. The Morgan fingerprint density at radius 1 is 0.556 bits per heavy atom. The number of nitrogens with zero attached hydrogens (tertiary/aromatic N) is 1. The van der Waals surface area contributed by atoms with Crippen LogP contribution in [0.25, 0.3) is 0 Å². The molecular formula is C40H73NO4. The minimum atomic E-state index is -0.434. The second-order valence-corrected chi connectivity index (χ2v) is 16.9. The standard InChI is InChI=1S/C40H73NO4/c1-28-14-15-29(2)19-22-36-23-20-34(7)38(45-36)27-39(42)41-24-10-13-37(41)40(43)44-35(8)21-18-33(6)26-31(4)12-9-11-30(3)25-32(5)17-16-28/h28-38H,9-27H2,1-8H3/t28?,29?,30-,31?,32+,33-,34+,35?,36+,37-,38?/m0/s1. The molecule has 3 rings (SSSR count). The lowest BCUT2D eigenvalue weighted by atomic mass is 9.85. The molecule has 0 saturated carbocycles. The first-order valence-electron chi connectivity index (χ1n) is 19.6. The van der Waals surface area contributed by atoms with Crippen molar-refractivity contribution in [2.24, 2.45) is 41.4 Å². The molecule has 0 aromatic heterocycles. The highest BCUT2D eigenvalue weighted by Gasteiger charge is 2.38. The van der Waals surface area contributed by atoms with E-state index in [1.165, 1.54) is 64.2 Å². The number of fused-ring (bicyclic) bond motifs is 3. The Balaban J connectivity index is 1.59. The molecule has 3 fully saturated rings. The number of cyclic esters (lactones) is 1. The van der Waals surface area contributed by atoms with Crippen LogP contribution in [0.3, 0.4) is 0 Å². The zero-order chi connectivity index (χ0) is 32.9. The molecule has 3 saturated heterocycles. The molecule has 45 heavy (non-hydrogen) atoms. The number of carbonyl (C=O) groups excluding carboxylic acids is 2. The summed E-state index contributed by atoms with van der Waals surface area (Å²) < 4.78 is 12.5. The minimum Gasteiger partial charge on any atom is -0.461 e. The molecule has 3 aliphatic rings. The lowest BCUT2D eigenvalue weighted by Crippen LogP contribution is -2.45. The fraction of sp³-hybridized carbons (Fsp3) is 0.950. The highest BCUT2D eigenvalue weighted by Crippen LogP contribution is 2.33. The average Bonchev–Trinajstić information content (AvgIpc) is 3.48. The number of rotatable bonds is 0. The van der Waals surface area contributed by atoms with Gasteiger partial charge in [-0.3, -0.25) is 4.79 Å². The molecule has 5 heteroatoms. The van der Waals surface area contributed by atoms with Gasteiger partial charge in [-0.15, -0.1) is 0 Å². The number of hydrogen-bond donors (Lipinski definition) is 0. The monoisotopic (exact) mass is 632 g/mol. The Bertz CT molecular complexity index is 861. The Labute approximate surface area is 278 Å². The summed E-state index contributed by atoms with van der Waals surface area (Å²) in [6.45, 7) is 19.5. The van der Waals surface area contributed by atoms with Gasteiger partial charge in [-0.2, -0.15) is 0 Å². The number of amides is 1. The molecule has 262 valence electrons. The molecule has 5 unspecified atom stereocenters. The molecule has 0 radical (unpaired) electrons. The molecule has 2 bridgehead atoms. The number of esters is 1. The van der Waals surface area contributed by atoms with Gasteiger partial charge in [0.2, 0.25) is 5.91 Å². The summed E-state index contributed by atoms with van der Waals surface area (Å²) in [4.78, 5) is 28.6. The van der Waals surface area contributed by atoms with Crippen molar-refractivity contribution < 1.29 is 19.1 Å². The SMILES string of the molecule is CC1CCC(C)CC[C@@H]2CC[C@@H](C)C(CC(=O)N3CCC[C@H]3C(=O)OC(C)CC[C@H](C)CC(C)CCC[C@H](C)C[C@H](C)CC1)O2. The maximum atomic E-state index is 13.5. The van der Waals surface area contributed by atoms with Crippen LogP contribution in [-0.2, 0) is 19.1 Å². The van der Waals surface area contributed by atoms with Crippen LogP contribution in [0, 0.1) is 41.4 Å². The van der Waals surface area contributed by atoms with Crippen molar-refractivity contribution in [1.82, 2.24) is 4.90 Å². The Hall–Kier alpha value is -1.10. The molecule has 0 aliphatic carbocycles. The summed E-state index contributed by atoms with van der Waals surface area (Å²) in [6, 6.07) is -0.434. The first-order valence-corrected chi connectivity index (χ1v) is 19.6. The summed E-state index contributed by atoms with van der Waals surface area (Å²) >= 11 is 0. The van der Waals surface area contributed by atoms with Crippen LogP contribution in [0.4, 0.5) is 0 Å². The van der Waals surface area contributed by atoms with E-state index >= 15 is 0 Å². The van der Waals surface area contributed by atoms with Gasteiger partial charge in [0.05, 0.1) is 24.7 Å². The largest absolute Gasteiger partial charge is 0.461 e. The van der Waals surface area contributed by atoms with Crippen molar-refractivity contribution in [1.29, 1.82) is 0 Å². The fourth-order valence-corrected chi connectivity index (χ4v) is 8.56. The molecule has 5 nitrogen and oxygen atoms in total. The van der Waals surface area contributed by atoms with E-state index in [1.54, 1.807) is 4.90 Å². The predicted molar refractivity (Wildman–Crippen MR) is 187 cm³/mol. The Morgan fingerprint density at radius 3 is 1.69 bits per heavy atom. The Kier molecular flexibility index (Phi) is 16.8. The fourth-order valence-electron chi connectivity index (χ4n) is 8.56. The molecule has 1 amide bonds. The molecule has 3 aliphatic heterocycles. The van der Waals surface area contributed by atoms with Crippen molar-refractivity contribution in [3.63, 3.8) is 0 Å². The van der Waals surface area contributed by atoms with Gasteiger partial charge in [-0.1, -0.05) is 93.4 Å². The third-order valence-electron chi connectivity index (χ3n) is 11.8. The lowest BCUT2D eigenvalue weighted by molar-refractivity contribution is -0.159. The zero-order valence-corrected chi connectivity index (χ0v) is 30.9. The van der Waals surface area contributed by atoms with Gasteiger partial charge in [0.1, 0.15) is 6.04 Å². The van der Waals surface area contributed by atoms with Gasteiger partial charge >= 0.3 is 5.97 Å². The summed E-state index contributed by atoms with van der Waals surface area (Å²) in [5.74, 6) is 4.77. The maximum Gasteiger partial charge on any atom is 0.329 e. The number of ether oxygens (including phenoxy) is 2. The van der Waals surface area contributed by atoms with E-state index in [0.717, 1.165) is 62.2 Å². The van der Waals surface area contributed by atoms with Gasteiger partial charge in [0.15, 0.2) is 0 Å². The van der Waals surface area contributed by atoms with Gasteiger partial charge in [-0.05, 0) is 113 Å². The van der Waals surface area contributed by atoms with E-state index in [1.807, 2.05) is 6.92 Å². The molecule has 0 spiro atoms. The highest BCUT2D eigenvalue weighted by molar-refractivity contribution is 5.85. The average molecular weight is 632 g/mol. The van der Waals surface area contributed by atoms with E-state index < -0.39 is 6.04 Å². The first kappa shape index (κ1) is 38.3. The first-order chi connectivity index (χ1) is 21.4. The van der Waals surface area contributed by atoms with Gasteiger partial charge in [0.25, 0.3) is 0 Å². The summed E-state index contributed by atoms with van der Waals surface area (Å²) in [5, 5.41) is 0. The molecule has 0 N–H and O–H groups in total. The maximum absolute atomic E-state index is 13.5. The van der Waals surface area contributed by atoms with Crippen LogP contribution in [0.5, 0.6) is 0 Å². The molecule has 11 atom stereocenters. The van der Waals surface area contributed by atoms with Crippen molar-refractivity contribution in [3.05, 3.63) is 0 Å². The second-order valence-electron chi connectivity index (χ2n) is 16.9. The summed E-state index contributed by atoms with van der Waals surface area (Å²) in [5.41, 5.74) is 0. The summed E-state index contributed by atoms with van der Waals surface area (Å²) in [7, 11) is 0. The topological polar surface area (TPSA) is 55.8 Å². The summed E-state index contributed by atoms with van der Waals surface area (Å²) in [6.07, 6.45) is 20.5. The van der Waals surface area contributed by atoms with Crippen molar-refractivity contribution >= 4 is 11.9 Å². The third-order valence-corrected chi connectivity index (χ3v) is 11.8. The van der Waals surface area contributed by atoms with Crippen LogP contribution < -0.4 is 0 Å². The van der Waals surface area contributed by atoms with Crippen molar-refractivity contribution in [3.8, 4) is 0 Å². The van der Waals surface area contributed by atoms with E-state index in [2.05, 4.69) is 48.5 Å². The van der Waals surface area contributed by atoms with Crippen LogP contribution in [0.2, 0.25) is 0 Å². The van der Waals surface area contributed by atoms with E-state index in [9.17, 15) is 9.59 Å². The van der Waals surface area contributed by atoms with Gasteiger partial charge < -0.3 is 14.4 Å². The van der Waals surface area contributed by atoms with Crippen LogP contribution in [-0.4, -0.2) is 47.7 Å². The van der Waals surface area contributed by atoms with Crippen LogP contribution >= 0.6 is 0 Å². The van der Waals surface area contributed by atoms with Gasteiger partial charge in [-0.25, -0.2) is 4.79 Å². The quantitative estimate of drug-likeness (QED) is 0.250. The Morgan fingerprint density at radius 2 is 1.07 bits per heavy atom. The molecule has 0 aromatic rings. The highest BCUT2D eigenvalue weighted by atomic mass is 16.5. The van der Waals surface area contributed by atoms with Gasteiger partial charge in [0, 0.05) is 6.54 Å². The van der Waals surface area contributed by atoms with Crippen molar-refractivity contribution in [2.75, 3.05) is 6.54 Å². The number of carbonyl (C=O) groups is 2. The minimum absolute atomic E-state index is 0.0487. The second kappa shape index (κ2) is 19.7. The van der Waals surface area contributed by atoms with E-state index in [4.69, 9.17) is 9.47 Å². The van der Waals surface area contributed by atoms with E-state index in [0.29, 0.717) is 37.1 Å². The van der Waals surface area contributed by atoms with Crippen LogP contribution in [0.15, 0.2) is 0 Å².